The van der Waals surface area contributed by atoms with Gasteiger partial charge in [-0.1, -0.05) is 12.7 Å². The van der Waals surface area contributed by atoms with Gasteiger partial charge in [-0.2, -0.15) is 0 Å². The summed E-state index contributed by atoms with van der Waals surface area (Å²) in [5.41, 5.74) is 8.93. The lowest BCUT2D eigenvalue weighted by Crippen LogP contribution is -2.34. The number of carbonyl (C=O) groups is 2. The SMILES string of the molecule is C=CC(=O)N1CCC=C(c2c(F)cc(C(N)=O)c3[nH]c(C)c(C)c23)C1. The van der Waals surface area contributed by atoms with Crippen molar-refractivity contribution in [2.75, 3.05) is 13.1 Å². The van der Waals surface area contributed by atoms with Crippen molar-refractivity contribution < 1.29 is 14.0 Å². The maximum atomic E-state index is 14.9. The summed E-state index contributed by atoms with van der Waals surface area (Å²) < 4.78 is 14.9. The molecular formula is C19H20FN3O2. The number of aromatic nitrogens is 1. The first-order valence-corrected chi connectivity index (χ1v) is 8.07. The average molecular weight is 341 g/mol. The lowest BCUT2D eigenvalue weighted by atomic mass is 9.93. The molecule has 0 bridgehead atoms. The van der Waals surface area contributed by atoms with E-state index in [0.717, 1.165) is 16.8 Å². The van der Waals surface area contributed by atoms with E-state index in [4.69, 9.17) is 5.73 Å². The molecular weight excluding hydrogens is 321 g/mol. The lowest BCUT2D eigenvalue weighted by molar-refractivity contribution is -0.125. The molecule has 25 heavy (non-hydrogen) atoms. The Hall–Kier alpha value is -2.89. The first-order chi connectivity index (χ1) is 11.8. The fraction of sp³-hybridized carbons (Fsp3) is 0.263. The highest BCUT2D eigenvalue weighted by molar-refractivity contribution is 6.09. The Morgan fingerprint density at radius 1 is 1.40 bits per heavy atom. The molecule has 3 rings (SSSR count). The molecule has 2 heterocycles. The van der Waals surface area contributed by atoms with E-state index in [1.807, 2.05) is 19.9 Å². The standard InChI is InChI=1S/C19H20FN3O2/c1-4-15(24)23-7-5-6-12(9-23)17-14(20)8-13(19(21)25)18-16(17)10(2)11(3)22-18/h4,6,8,22H,1,5,7,9H2,2-3H3,(H2,21,25). The predicted octanol–water partition coefficient (Wildman–Crippen LogP) is 2.82. The van der Waals surface area contributed by atoms with Gasteiger partial charge in [-0.05, 0) is 43.5 Å². The summed E-state index contributed by atoms with van der Waals surface area (Å²) in [6.45, 7) is 8.12. The van der Waals surface area contributed by atoms with E-state index < -0.39 is 11.7 Å². The van der Waals surface area contributed by atoms with E-state index in [9.17, 15) is 14.0 Å². The van der Waals surface area contributed by atoms with Crippen LogP contribution in [0.25, 0.3) is 16.5 Å². The molecule has 1 aliphatic heterocycles. The van der Waals surface area contributed by atoms with Gasteiger partial charge in [0.2, 0.25) is 5.91 Å². The number of halogens is 1. The first-order valence-electron chi connectivity index (χ1n) is 8.07. The number of aromatic amines is 1. The number of carbonyl (C=O) groups excluding carboxylic acids is 2. The van der Waals surface area contributed by atoms with Gasteiger partial charge in [-0.25, -0.2) is 4.39 Å². The number of hydrogen-bond donors (Lipinski definition) is 2. The van der Waals surface area contributed by atoms with Crippen LogP contribution in [-0.2, 0) is 4.79 Å². The van der Waals surface area contributed by atoms with Crippen LogP contribution in [-0.4, -0.2) is 34.8 Å². The molecule has 2 amide bonds. The summed E-state index contributed by atoms with van der Waals surface area (Å²) in [7, 11) is 0. The summed E-state index contributed by atoms with van der Waals surface area (Å²) in [4.78, 5) is 28.4. The Balaban J connectivity index is 2.23. The third-order valence-electron chi connectivity index (χ3n) is 4.75. The monoisotopic (exact) mass is 341 g/mol. The Labute approximate surface area is 145 Å². The second-order valence-electron chi connectivity index (χ2n) is 6.25. The molecule has 0 saturated heterocycles. The quantitative estimate of drug-likeness (QED) is 0.842. The van der Waals surface area contributed by atoms with Crippen molar-refractivity contribution in [2.45, 2.75) is 20.3 Å². The summed E-state index contributed by atoms with van der Waals surface area (Å²) in [6.07, 6.45) is 3.84. The van der Waals surface area contributed by atoms with Crippen LogP contribution >= 0.6 is 0 Å². The van der Waals surface area contributed by atoms with Gasteiger partial charge in [0.1, 0.15) is 5.82 Å². The van der Waals surface area contributed by atoms with Gasteiger partial charge in [0, 0.05) is 29.7 Å². The van der Waals surface area contributed by atoms with Crippen LogP contribution in [0.15, 0.2) is 24.8 Å². The van der Waals surface area contributed by atoms with Gasteiger partial charge in [-0.15, -0.1) is 0 Å². The Kier molecular flexibility index (Phi) is 4.20. The van der Waals surface area contributed by atoms with Crippen LogP contribution in [0.5, 0.6) is 0 Å². The molecule has 3 N–H and O–H groups in total. The van der Waals surface area contributed by atoms with E-state index in [0.29, 0.717) is 36.0 Å². The van der Waals surface area contributed by atoms with Crippen LogP contribution in [0.1, 0.15) is 33.6 Å². The highest BCUT2D eigenvalue weighted by Crippen LogP contribution is 2.35. The van der Waals surface area contributed by atoms with Gasteiger partial charge in [0.25, 0.3) is 5.91 Å². The minimum atomic E-state index is -0.683. The molecule has 0 spiro atoms. The van der Waals surface area contributed by atoms with Crippen LogP contribution in [0.3, 0.4) is 0 Å². The van der Waals surface area contributed by atoms with Gasteiger partial charge >= 0.3 is 0 Å². The number of H-pyrrole nitrogens is 1. The fourth-order valence-electron chi connectivity index (χ4n) is 3.37. The Morgan fingerprint density at radius 2 is 2.12 bits per heavy atom. The van der Waals surface area contributed by atoms with Crippen LogP contribution < -0.4 is 5.73 Å². The lowest BCUT2D eigenvalue weighted by Gasteiger charge is -2.27. The van der Waals surface area contributed by atoms with Crippen molar-refractivity contribution in [1.82, 2.24) is 9.88 Å². The summed E-state index contributed by atoms with van der Waals surface area (Å²) in [5.74, 6) is -1.38. The van der Waals surface area contributed by atoms with Gasteiger partial charge in [0.15, 0.2) is 0 Å². The Bertz CT molecular complexity index is 940. The van der Waals surface area contributed by atoms with E-state index in [-0.39, 0.29) is 11.5 Å². The number of fused-ring (bicyclic) bond motifs is 1. The number of nitrogens with zero attached hydrogens (tertiary/aromatic N) is 1. The second kappa shape index (κ2) is 6.20. The average Bonchev–Trinajstić information content (AvgIpc) is 2.88. The van der Waals surface area contributed by atoms with E-state index in [1.54, 1.807) is 4.90 Å². The topological polar surface area (TPSA) is 79.2 Å². The molecule has 1 aromatic heterocycles. The van der Waals surface area contributed by atoms with Crippen molar-refractivity contribution in [3.8, 4) is 0 Å². The number of hydrogen-bond acceptors (Lipinski definition) is 2. The van der Waals surface area contributed by atoms with Crippen molar-refractivity contribution in [3.63, 3.8) is 0 Å². The van der Waals surface area contributed by atoms with Crippen molar-refractivity contribution in [1.29, 1.82) is 0 Å². The van der Waals surface area contributed by atoms with Crippen molar-refractivity contribution in [3.05, 3.63) is 53.0 Å². The number of benzene rings is 1. The van der Waals surface area contributed by atoms with Gasteiger partial charge < -0.3 is 15.6 Å². The molecule has 2 aromatic rings. The zero-order valence-electron chi connectivity index (χ0n) is 14.3. The molecule has 0 aliphatic carbocycles. The maximum absolute atomic E-state index is 14.9. The molecule has 0 saturated carbocycles. The van der Waals surface area contributed by atoms with E-state index >= 15 is 0 Å². The van der Waals surface area contributed by atoms with Crippen LogP contribution in [0, 0.1) is 19.7 Å². The maximum Gasteiger partial charge on any atom is 0.250 e. The molecule has 0 unspecified atom stereocenters. The van der Waals surface area contributed by atoms with Gasteiger partial charge in [0.05, 0.1) is 11.1 Å². The summed E-state index contributed by atoms with van der Waals surface area (Å²) >= 11 is 0. The molecule has 1 aromatic carbocycles. The van der Waals surface area contributed by atoms with Crippen LogP contribution in [0.4, 0.5) is 4.39 Å². The molecule has 0 radical (unpaired) electrons. The number of nitrogens with two attached hydrogens (primary N) is 1. The second-order valence-corrected chi connectivity index (χ2v) is 6.25. The highest BCUT2D eigenvalue weighted by atomic mass is 19.1. The number of rotatable bonds is 3. The zero-order valence-corrected chi connectivity index (χ0v) is 14.3. The molecule has 0 atom stereocenters. The smallest absolute Gasteiger partial charge is 0.250 e. The molecule has 6 heteroatoms. The minimum Gasteiger partial charge on any atom is -0.366 e. The Morgan fingerprint density at radius 3 is 2.76 bits per heavy atom. The number of primary amides is 1. The van der Waals surface area contributed by atoms with E-state index in [2.05, 4.69) is 11.6 Å². The number of aryl methyl sites for hydroxylation is 2. The van der Waals surface area contributed by atoms with Gasteiger partial charge in [-0.3, -0.25) is 9.59 Å². The van der Waals surface area contributed by atoms with Crippen molar-refractivity contribution >= 4 is 28.3 Å². The number of amides is 2. The molecule has 0 fully saturated rings. The summed E-state index contributed by atoms with van der Waals surface area (Å²) in [5, 5.41) is 0.644. The molecule has 5 nitrogen and oxygen atoms in total. The normalized spacial score (nSPS) is 14.5. The third kappa shape index (κ3) is 2.73. The minimum absolute atomic E-state index is 0.128. The number of nitrogens with one attached hydrogen (secondary N) is 1. The first kappa shape index (κ1) is 17.0. The van der Waals surface area contributed by atoms with E-state index in [1.165, 1.54) is 12.1 Å². The zero-order chi connectivity index (χ0) is 18.3. The van der Waals surface area contributed by atoms with Crippen molar-refractivity contribution in [2.24, 2.45) is 5.73 Å². The largest absolute Gasteiger partial charge is 0.366 e. The molecule has 1 aliphatic rings. The van der Waals surface area contributed by atoms with Crippen LogP contribution in [0.2, 0.25) is 0 Å². The fourth-order valence-corrected chi connectivity index (χ4v) is 3.37. The third-order valence-corrected chi connectivity index (χ3v) is 4.75. The summed E-state index contributed by atoms with van der Waals surface area (Å²) in [6, 6.07) is 1.17. The predicted molar refractivity (Wildman–Crippen MR) is 95.6 cm³/mol. The molecule has 130 valence electrons. The highest BCUT2D eigenvalue weighted by Gasteiger charge is 2.25.